The van der Waals surface area contributed by atoms with Crippen LogP contribution in [-0.4, -0.2) is 13.0 Å². The number of methoxy groups -OCH3 is 1. The van der Waals surface area contributed by atoms with E-state index in [-0.39, 0.29) is 5.41 Å². The summed E-state index contributed by atoms with van der Waals surface area (Å²) in [7, 11) is 1.71. The smallest absolute Gasteiger partial charge is 0.122 e. The second-order valence-electron chi connectivity index (χ2n) is 4.93. The number of para-hydroxylation sites is 1. The van der Waals surface area contributed by atoms with Crippen LogP contribution in [0.3, 0.4) is 0 Å². The molecule has 1 aromatic rings. The monoisotopic (exact) mass is 240 g/mol. The lowest BCUT2D eigenvalue weighted by atomic mass is 9.76. The molecular formula is C14H21ClO. The summed E-state index contributed by atoms with van der Waals surface area (Å²) >= 11 is 6.11. The van der Waals surface area contributed by atoms with Gasteiger partial charge in [0.25, 0.3) is 0 Å². The third kappa shape index (κ3) is 2.91. The lowest BCUT2D eigenvalue weighted by molar-refractivity contribution is 0.250. The number of ether oxygens (including phenoxy) is 1. The maximum Gasteiger partial charge on any atom is 0.122 e. The van der Waals surface area contributed by atoms with Crippen molar-refractivity contribution >= 4 is 11.6 Å². The summed E-state index contributed by atoms with van der Waals surface area (Å²) in [6, 6.07) is 8.17. The predicted molar refractivity (Wildman–Crippen MR) is 70.4 cm³/mol. The highest BCUT2D eigenvalue weighted by Gasteiger charge is 2.28. The molecule has 1 unspecified atom stereocenters. The van der Waals surface area contributed by atoms with Crippen molar-refractivity contribution in [2.75, 3.05) is 13.0 Å². The van der Waals surface area contributed by atoms with E-state index >= 15 is 0 Å². The zero-order valence-electron chi connectivity index (χ0n) is 10.6. The zero-order valence-corrected chi connectivity index (χ0v) is 11.3. The molecule has 2 heteroatoms. The van der Waals surface area contributed by atoms with Gasteiger partial charge in [0.1, 0.15) is 5.75 Å². The van der Waals surface area contributed by atoms with Gasteiger partial charge < -0.3 is 4.74 Å². The molecule has 1 nitrogen and oxygen atoms in total. The van der Waals surface area contributed by atoms with Gasteiger partial charge in [0.05, 0.1) is 7.11 Å². The number of alkyl halides is 1. The molecule has 0 spiro atoms. The molecule has 0 radical (unpaired) electrons. The Balaban J connectivity index is 2.94. The minimum absolute atomic E-state index is 0.121. The van der Waals surface area contributed by atoms with E-state index in [9.17, 15) is 0 Å². The molecular weight excluding hydrogens is 220 g/mol. The van der Waals surface area contributed by atoms with Crippen LogP contribution in [-0.2, 0) is 6.42 Å². The minimum Gasteiger partial charge on any atom is -0.496 e. The normalized spacial score (nSPS) is 14.9. The summed E-state index contributed by atoms with van der Waals surface area (Å²) in [5, 5.41) is 0. The van der Waals surface area contributed by atoms with Crippen LogP contribution in [0, 0.1) is 11.3 Å². The van der Waals surface area contributed by atoms with Crippen LogP contribution in [0.4, 0.5) is 0 Å². The topological polar surface area (TPSA) is 9.23 Å². The van der Waals surface area contributed by atoms with Crippen molar-refractivity contribution in [1.82, 2.24) is 0 Å². The van der Waals surface area contributed by atoms with E-state index in [4.69, 9.17) is 16.3 Å². The van der Waals surface area contributed by atoms with Crippen molar-refractivity contribution < 1.29 is 4.74 Å². The van der Waals surface area contributed by atoms with Crippen LogP contribution in [0.25, 0.3) is 0 Å². The summed E-state index contributed by atoms with van der Waals surface area (Å²) in [4.78, 5) is 0. The molecule has 0 aliphatic carbocycles. The molecule has 0 saturated heterocycles. The first-order chi connectivity index (χ1) is 7.53. The van der Waals surface area contributed by atoms with Crippen molar-refractivity contribution in [2.45, 2.75) is 27.2 Å². The molecule has 0 saturated carbocycles. The quantitative estimate of drug-likeness (QED) is 0.703. The lowest BCUT2D eigenvalue weighted by Crippen LogP contribution is -2.28. The van der Waals surface area contributed by atoms with Gasteiger partial charge in [-0.3, -0.25) is 0 Å². The number of rotatable bonds is 5. The van der Waals surface area contributed by atoms with Crippen molar-refractivity contribution in [1.29, 1.82) is 0 Å². The van der Waals surface area contributed by atoms with E-state index in [1.54, 1.807) is 7.11 Å². The second kappa shape index (κ2) is 5.58. The highest BCUT2D eigenvalue weighted by Crippen LogP contribution is 2.35. The van der Waals surface area contributed by atoms with Crippen molar-refractivity contribution in [2.24, 2.45) is 11.3 Å². The summed E-state index contributed by atoms with van der Waals surface area (Å²) in [5.41, 5.74) is 1.36. The number of hydrogen-bond donors (Lipinski definition) is 0. The van der Waals surface area contributed by atoms with Gasteiger partial charge in [0, 0.05) is 5.88 Å². The predicted octanol–water partition coefficient (Wildman–Crippen LogP) is 4.14. The van der Waals surface area contributed by atoms with Gasteiger partial charge in [-0.25, -0.2) is 0 Å². The Kier molecular flexibility index (Phi) is 4.67. The van der Waals surface area contributed by atoms with Gasteiger partial charge in [-0.05, 0) is 29.4 Å². The van der Waals surface area contributed by atoms with Crippen LogP contribution < -0.4 is 4.74 Å². The Morgan fingerprint density at radius 1 is 1.31 bits per heavy atom. The van der Waals surface area contributed by atoms with E-state index in [0.717, 1.165) is 12.2 Å². The van der Waals surface area contributed by atoms with E-state index in [0.29, 0.717) is 11.8 Å². The molecule has 0 heterocycles. The van der Waals surface area contributed by atoms with E-state index < -0.39 is 0 Å². The summed E-state index contributed by atoms with van der Waals surface area (Å²) in [6.45, 7) is 6.67. The van der Waals surface area contributed by atoms with E-state index in [1.807, 2.05) is 18.2 Å². The SMILES string of the molecule is COc1ccccc1CC(C)(CCl)C(C)C. The first kappa shape index (κ1) is 13.4. The molecule has 0 N–H and O–H groups in total. The standard InChI is InChI=1S/C14H21ClO/c1-11(2)14(3,10-15)9-12-7-5-6-8-13(12)16-4/h5-8,11H,9-10H2,1-4H3. The molecule has 0 aromatic heterocycles. The summed E-state index contributed by atoms with van der Waals surface area (Å²) < 4.78 is 5.37. The molecule has 0 bridgehead atoms. The second-order valence-corrected chi connectivity index (χ2v) is 5.20. The fourth-order valence-corrected chi connectivity index (χ4v) is 2.09. The average molecular weight is 241 g/mol. The van der Waals surface area contributed by atoms with Crippen LogP contribution in [0.2, 0.25) is 0 Å². The van der Waals surface area contributed by atoms with Gasteiger partial charge in [0.2, 0.25) is 0 Å². The zero-order chi connectivity index (χ0) is 12.2. The number of halogens is 1. The first-order valence-electron chi connectivity index (χ1n) is 5.71. The molecule has 0 amide bonds. The van der Waals surface area contributed by atoms with Crippen molar-refractivity contribution in [3.05, 3.63) is 29.8 Å². The molecule has 1 rings (SSSR count). The van der Waals surface area contributed by atoms with Crippen LogP contribution in [0.5, 0.6) is 5.75 Å². The summed E-state index contributed by atoms with van der Waals surface area (Å²) in [6.07, 6.45) is 0.957. The molecule has 0 aliphatic rings. The van der Waals surface area contributed by atoms with Gasteiger partial charge in [-0.15, -0.1) is 11.6 Å². The Morgan fingerprint density at radius 3 is 2.44 bits per heavy atom. The largest absolute Gasteiger partial charge is 0.496 e. The first-order valence-corrected chi connectivity index (χ1v) is 6.25. The van der Waals surface area contributed by atoms with E-state index in [2.05, 4.69) is 26.8 Å². The fourth-order valence-electron chi connectivity index (χ4n) is 1.69. The lowest BCUT2D eigenvalue weighted by Gasteiger charge is -2.32. The Bertz CT molecular complexity index is 335. The highest BCUT2D eigenvalue weighted by atomic mass is 35.5. The van der Waals surface area contributed by atoms with Crippen molar-refractivity contribution in [3.63, 3.8) is 0 Å². The van der Waals surface area contributed by atoms with Crippen LogP contribution in [0.1, 0.15) is 26.3 Å². The minimum atomic E-state index is 0.121. The van der Waals surface area contributed by atoms with Gasteiger partial charge in [-0.1, -0.05) is 39.0 Å². The fraction of sp³-hybridized carbons (Fsp3) is 0.571. The highest BCUT2D eigenvalue weighted by molar-refractivity contribution is 6.18. The molecule has 90 valence electrons. The maximum atomic E-state index is 6.11. The molecule has 1 atom stereocenters. The molecule has 0 fully saturated rings. The Labute approximate surface area is 104 Å². The van der Waals surface area contributed by atoms with Gasteiger partial charge in [0.15, 0.2) is 0 Å². The van der Waals surface area contributed by atoms with Gasteiger partial charge >= 0.3 is 0 Å². The number of hydrogen-bond acceptors (Lipinski definition) is 1. The van der Waals surface area contributed by atoms with Crippen LogP contribution >= 0.6 is 11.6 Å². The Hall–Kier alpha value is -0.690. The van der Waals surface area contributed by atoms with Crippen molar-refractivity contribution in [3.8, 4) is 5.75 Å². The average Bonchev–Trinajstić information content (AvgIpc) is 2.29. The molecule has 16 heavy (non-hydrogen) atoms. The Morgan fingerprint density at radius 2 is 1.94 bits per heavy atom. The van der Waals surface area contributed by atoms with Gasteiger partial charge in [-0.2, -0.15) is 0 Å². The maximum absolute atomic E-state index is 6.11. The van der Waals surface area contributed by atoms with E-state index in [1.165, 1.54) is 5.56 Å². The van der Waals surface area contributed by atoms with Crippen LogP contribution in [0.15, 0.2) is 24.3 Å². The third-order valence-electron chi connectivity index (χ3n) is 3.49. The number of benzene rings is 1. The third-order valence-corrected chi connectivity index (χ3v) is 4.10. The molecule has 0 aliphatic heterocycles. The molecule has 1 aromatic carbocycles. The summed E-state index contributed by atoms with van der Waals surface area (Å²) in [5.74, 6) is 2.18.